The van der Waals surface area contributed by atoms with Crippen LogP contribution in [0.2, 0.25) is 0 Å². The largest absolute Gasteiger partial charge is 0.462 e. The van der Waals surface area contributed by atoms with Gasteiger partial charge in [-0.2, -0.15) is 0 Å². The highest BCUT2D eigenvalue weighted by Gasteiger charge is 2.32. The maximum atomic E-state index is 13.1. The third-order valence-electron chi connectivity index (χ3n) is 3.17. The lowest BCUT2D eigenvalue weighted by molar-refractivity contribution is -0.154. The van der Waals surface area contributed by atoms with E-state index < -0.39 is 29.6 Å². The first-order chi connectivity index (χ1) is 11.3. The lowest BCUT2D eigenvalue weighted by Crippen LogP contribution is -2.28. The van der Waals surface area contributed by atoms with Crippen LogP contribution in [-0.4, -0.2) is 31.4 Å². The van der Waals surface area contributed by atoms with Crippen molar-refractivity contribution in [3.63, 3.8) is 0 Å². The van der Waals surface area contributed by atoms with Gasteiger partial charge in [0.1, 0.15) is 11.4 Å². The highest BCUT2D eigenvalue weighted by Crippen LogP contribution is 2.24. The van der Waals surface area contributed by atoms with Gasteiger partial charge in [0.05, 0.1) is 6.61 Å². The van der Waals surface area contributed by atoms with Gasteiger partial charge in [0.2, 0.25) is 5.78 Å². The molecular weight excluding hydrogens is 317 g/mol. The quantitative estimate of drug-likeness (QED) is 0.355. The standard InChI is InChI=1S/C17H20FNO5/c1-5-23-17(22)14(10(2)19-4)15(21)16(24-11(3)20)12-6-8-13(18)9-7-12/h6-9,16,19H,5H2,1-4H3/b14-10-. The topological polar surface area (TPSA) is 81.7 Å². The summed E-state index contributed by atoms with van der Waals surface area (Å²) in [4.78, 5) is 36.3. The fraction of sp³-hybridized carbons (Fsp3) is 0.353. The number of Topliss-reactive ketones (excluding diaryl/α,β-unsaturated/α-hetero) is 1. The molecule has 0 spiro atoms. The van der Waals surface area contributed by atoms with Crippen LogP contribution in [0, 0.1) is 5.82 Å². The molecule has 0 saturated heterocycles. The van der Waals surface area contributed by atoms with Gasteiger partial charge < -0.3 is 14.8 Å². The molecular formula is C17H20FNO5. The molecule has 0 aliphatic carbocycles. The SMILES string of the molecule is CCOC(=O)/C(C(=O)C(OC(C)=O)c1ccc(F)cc1)=C(/C)NC. The molecule has 130 valence electrons. The van der Waals surface area contributed by atoms with Crippen molar-refractivity contribution in [1.29, 1.82) is 0 Å². The van der Waals surface area contributed by atoms with Crippen molar-refractivity contribution in [2.45, 2.75) is 26.9 Å². The Bertz CT molecular complexity index is 651. The minimum absolute atomic E-state index is 0.0847. The molecule has 1 aromatic carbocycles. The first kappa shape index (κ1) is 19.3. The van der Waals surface area contributed by atoms with E-state index in [0.29, 0.717) is 0 Å². The molecule has 0 amide bonds. The number of hydrogen-bond donors (Lipinski definition) is 1. The molecule has 0 aromatic heterocycles. The van der Waals surface area contributed by atoms with Crippen molar-refractivity contribution in [3.05, 3.63) is 46.9 Å². The zero-order valence-electron chi connectivity index (χ0n) is 14.0. The van der Waals surface area contributed by atoms with E-state index in [0.717, 1.165) is 19.1 Å². The Hall–Kier alpha value is -2.70. The monoisotopic (exact) mass is 337 g/mol. The van der Waals surface area contributed by atoms with Crippen LogP contribution < -0.4 is 5.32 Å². The Labute approximate surface area is 139 Å². The summed E-state index contributed by atoms with van der Waals surface area (Å²) >= 11 is 0. The maximum absolute atomic E-state index is 13.1. The first-order valence-corrected chi connectivity index (χ1v) is 7.34. The van der Waals surface area contributed by atoms with E-state index in [1.54, 1.807) is 14.0 Å². The van der Waals surface area contributed by atoms with Gasteiger partial charge in [-0.1, -0.05) is 12.1 Å². The molecule has 0 fully saturated rings. The van der Waals surface area contributed by atoms with Gasteiger partial charge in [0, 0.05) is 25.2 Å². The molecule has 1 unspecified atom stereocenters. The highest BCUT2D eigenvalue weighted by molar-refractivity contribution is 6.19. The molecule has 7 heteroatoms. The number of halogens is 1. The Kier molecular flexibility index (Phi) is 7.10. The third-order valence-corrected chi connectivity index (χ3v) is 3.17. The lowest BCUT2D eigenvalue weighted by atomic mass is 9.98. The van der Waals surface area contributed by atoms with Crippen molar-refractivity contribution in [2.75, 3.05) is 13.7 Å². The van der Waals surface area contributed by atoms with Gasteiger partial charge in [0.25, 0.3) is 0 Å². The van der Waals surface area contributed by atoms with Crippen LogP contribution in [-0.2, 0) is 23.9 Å². The second-order valence-electron chi connectivity index (χ2n) is 4.88. The van der Waals surface area contributed by atoms with Crippen molar-refractivity contribution in [1.82, 2.24) is 5.32 Å². The summed E-state index contributed by atoms with van der Waals surface area (Å²) in [5, 5.41) is 2.71. The summed E-state index contributed by atoms with van der Waals surface area (Å²) in [5.41, 5.74) is 0.273. The lowest BCUT2D eigenvalue weighted by Gasteiger charge is -2.19. The number of carbonyl (C=O) groups excluding carboxylic acids is 3. The molecule has 1 atom stereocenters. The summed E-state index contributed by atoms with van der Waals surface area (Å²) in [6.45, 7) is 4.36. The van der Waals surface area contributed by atoms with Gasteiger partial charge in [-0.3, -0.25) is 9.59 Å². The molecule has 6 nitrogen and oxygen atoms in total. The number of ketones is 1. The zero-order chi connectivity index (χ0) is 18.3. The third kappa shape index (κ3) is 4.91. The summed E-state index contributed by atoms with van der Waals surface area (Å²) in [6.07, 6.45) is -1.37. The number of carbonyl (C=O) groups is 3. The highest BCUT2D eigenvalue weighted by atomic mass is 19.1. The van der Waals surface area contributed by atoms with Crippen LogP contribution in [0.4, 0.5) is 4.39 Å². The Morgan fingerprint density at radius 3 is 2.21 bits per heavy atom. The fourth-order valence-electron chi connectivity index (χ4n) is 1.97. The summed E-state index contributed by atoms with van der Waals surface area (Å²) in [7, 11) is 1.54. The van der Waals surface area contributed by atoms with Gasteiger partial charge in [-0.25, -0.2) is 9.18 Å². The van der Waals surface area contributed by atoms with Crippen molar-refractivity contribution < 1.29 is 28.2 Å². The van der Waals surface area contributed by atoms with Crippen LogP contribution in [0.25, 0.3) is 0 Å². The molecule has 0 aliphatic heterocycles. The van der Waals surface area contributed by atoms with Gasteiger partial charge in [0.15, 0.2) is 6.10 Å². The molecule has 1 N–H and O–H groups in total. The zero-order valence-corrected chi connectivity index (χ0v) is 14.0. The smallest absolute Gasteiger partial charge is 0.343 e. The minimum atomic E-state index is -1.37. The summed E-state index contributed by atoms with van der Waals surface area (Å²) in [5.74, 6) is -2.78. The molecule has 0 saturated carbocycles. The van der Waals surface area contributed by atoms with Crippen molar-refractivity contribution in [3.8, 4) is 0 Å². The molecule has 1 aromatic rings. The molecule has 0 radical (unpaired) electrons. The van der Waals surface area contributed by atoms with Gasteiger partial charge >= 0.3 is 11.9 Å². The van der Waals surface area contributed by atoms with Crippen LogP contribution in [0.1, 0.15) is 32.4 Å². The van der Waals surface area contributed by atoms with E-state index in [1.165, 1.54) is 19.1 Å². The van der Waals surface area contributed by atoms with Gasteiger partial charge in [-0.15, -0.1) is 0 Å². The summed E-state index contributed by atoms with van der Waals surface area (Å²) < 4.78 is 23.1. The van der Waals surface area contributed by atoms with Crippen LogP contribution in [0.15, 0.2) is 35.5 Å². The molecule has 24 heavy (non-hydrogen) atoms. The number of hydrogen-bond acceptors (Lipinski definition) is 6. The average molecular weight is 337 g/mol. The Morgan fingerprint density at radius 1 is 1.17 bits per heavy atom. The second-order valence-corrected chi connectivity index (χ2v) is 4.88. The Morgan fingerprint density at radius 2 is 1.75 bits per heavy atom. The Balaban J connectivity index is 3.33. The minimum Gasteiger partial charge on any atom is -0.462 e. The predicted octanol–water partition coefficient (Wildman–Crippen LogP) is 2.06. The first-order valence-electron chi connectivity index (χ1n) is 7.34. The number of esters is 2. The molecule has 0 aliphatic rings. The van der Waals surface area contributed by atoms with Crippen LogP contribution in [0.5, 0.6) is 0 Å². The molecule has 0 bridgehead atoms. The van der Waals surface area contributed by atoms with Crippen LogP contribution in [0.3, 0.4) is 0 Å². The number of rotatable bonds is 7. The van der Waals surface area contributed by atoms with E-state index in [1.807, 2.05) is 0 Å². The van der Waals surface area contributed by atoms with Crippen LogP contribution >= 0.6 is 0 Å². The van der Waals surface area contributed by atoms with E-state index >= 15 is 0 Å². The number of allylic oxidation sites excluding steroid dienone is 1. The number of ether oxygens (including phenoxy) is 2. The summed E-state index contributed by atoms with van der Waals surface area (Å²) in [6, 6.07) is 4.91. The van der Waals surface area contributed by atoms with Crippen molar-refractivity contribution in [2.24, 2.45) is 0 Å². The maximum Gasteiger partial charge on any atom is 0.343 e. The second kappa shape index (κ2) is 8.81. The molecule has 0 heterocycles. The molecule has 1 rings (SSSR count). The van der Waals surface area contributed by atoms with E-state index in [-0.39, 0.29) is 23.4 Å². The van der Waals surface area contributed by atoms with E-state index in [4.69, 9.17) is 9.47 Å². The predicted molar refractivity (Wildman–Crippen MR) is 84.3 cm³/mol. The normalized spacial score (nSPS) is 12.7. The van der Waals surface area contributed by atoms with E-state index in [9.17, 15) is 18.8 Å². The van der Waals surface area contributed by atoms with Gasteiger partial charge in [-0.05, 0) is 26.0 Å². The number of nitrogens with one attached hydrogen (secondary N) is 1. The fourth-order valence-corrected chi connectivity index (χ4v) is 1.97. The van der Waals surface area contributed by atoms with E-state index in [2.05, 4.69) is 5.32 Å². The number of benzene rings is 1. The average Bonchev–Trinajstić information content (AvgIpc) is 2.53. The van der Waals surface area contributed by atoms with Crippen molar-refractivity contribution >= 4 is 17.7 Å².